The number of aromatic nitrogens is 3. The van der Waals surface area contributed by atoms with Crippen molar-refractivity contribution in [1.29, 1.82) is 0 Å². The van der Waals surface area contributed by atoms with E-state index >= 15 is 0 Å². The molecule has 3 saturated heterocycles. The predicted octanol–water partition coefficient (Wildman–Crippen LogP) is 0.982. The fourth-order valence-electron chi connectivity index (χ4n) is 6.33. The van der Waals surface area contributed by atoms with Crippen molar-refractivity contribution in [2.75, 3.05) is 75.8 Å². The summed E-state index contributed by atoms with van der Waals surface area (Å²) in [6.45, 7) is 12.2. The first kappa shape index (κ1) is 27.7. The molecule has 1 amide bonds. The topological polar surface area (TPSA) is 74.3 Å². The summed E-state index contributed by atoms with van der Waals surface area (Å²) in [4.78, 5) is 37.1. The van der Waals surface area contributed by atoms with Gasteiger partial charge in [0.25, 0.3) is 0 Å². The third-order valence-corrected chi connectivity index (χ3v) is 8.92. The Bertz CT molecular complexity index is 1380. The molecule has 3 aliphatic heterocycles. The van der Waals surface area contributed by atoms with E-state index in [1.54, 1.807) is 18.3 Å². The van der Waals surface area contributed by atoms with Crippen LogP contribution in [0, 0.1) is 12.7 Å². The maximum atomic E-state index is 13.6. The fraction of sp³-hybridized carbons (Fsp3) is 0.484. The number of quaternary nitrogens is 2. The lowest BCUT2D eigenvalue weighted by Gasteiger charge is -2.33. The SMILES string of the molecule is Cc1cc(C(=O)[NH+]2CCN(C)CC2)cnc1N1CC[NH+](c2cc(-c3ccc(F)cc3)nc(N3CCCC3C)n2)CC1. The highest BCUT2D eigenvalue weighted by atomic mass is 19.1. The summed E-state index contributed by atoms with van der Waals surface area (Å²) >= 11 is 0. The summed E-state index contributed by atoms with van der Waals surface area (Å²) in [7, 11) is 2.10. The number of nitrogens with one attached hydrogen (secondary N) is 2. The molecule has 41 heavy (non-hydrogen) atoms. The van der Waals surface area contributed by atoms with E-state index in [1.165, 1.54) is 17.0 Å². The first-order valence-electron chi connectivity index (χ1n) is 14.9. The molecule has 3 aromatic rings. The van der Waals surface area contributed by atoms with Gasteiger partial charge in [-0.1, -0.05) is 0 Å². The van der Waals surface area contributed by atoms with Crippen molar-refractivity contribution in [2.45, 2.75) is 32.7 Å². The van der Waals surface area contributed by atoms with Gasteiger partial charge in [-0.2, -0.15) is 4.98 Å². The molecule has 10 heteroatoms. The minimum absolute atomic E-state index is 0.151. The number of carbonyl (C=O) groups is 1. The molecule has 3 fully saturated rings. The maximum Gasteiger partial charge on any atom is 0.345 e. The molecule has 0 aliphatic carbocycles. The molecule has 1 unspecified atom stereocenters. The number of halogens is 1. The second kappa shape index (κ2) is 11.8. The van der Waals surface area contributed by atoms with Gasteiger partial charge in [-0.15, -0.1) is 0 Å². The van der Waals surface area contributed by atoms with E-state index in [4.69, 9.17) is 15.0 Å². The largest absolute Gasteiger partial charge is 0.345 e. The average Bonchev–Trinajstić information content (AvgIpc) is 3.43. The third-order valence-electron chi connectivity index (χ3n) is 8.92. The Balaban J connectivity index is 1.18. The summed E-state index contributed by atoms with van der Waals surface area (Å²) in [5.41, 5.74) is 3.47. The van der Waals surface area contributed by atoms with Gasteiger partial charge < -0.3 is 9.80 Å². The van der Waals surface area contributed by atoms with E-state index in [2.05, 4.69) is 41.7 Å². The zero-order valence-corrected chi connectivity index (χ0v) is 24.4. The van der Waals surface area contributed by atoms with E-state index in [-0.39, 0.29) is 11.7 Å². The van der Waals surface area contributed by atoms with E-state index in [0.717, 1.165) is 111 Å². The number of pyridine rings is 1. The van der Waals surface area contributed by atoms with E-state index < -0.39 is 0 Å². The second-order valence-corrected chi connectivity index (χ2v) is 11.8. The molecule has 2 aromatic heterocycles. The predicted molar refractivity (Wildman–Crippen MR) is 158 cm³/mol. The van der Waals surface area contributed by atoms with Crippen LogP contribution in [-0.2, 0) is 0 Å². The summed E-state index contributed by atoms with van der Waals surface area (Å²) in [6.07, 6.45) is 4.04. The van der Waals surface area contributed by atoms with Crippen LogP contribution in [0.15, 0.2) is 42.6 Å². The number of hydrogen-bond donors (Lipinski definition) is 2. The zero-order valence-electron chi connectivity index (χ0n) is 24.4. The van der Waals surface area contributed by atoms with Gasteiger partial charge >= 0.3 is 5.91 Å². The molecule has 0 saturated carbocycles. The van der Waals surface area contributed by atoms with Gasteiger partial charge in [-0.3, -0.25) is 14.7 Å². The molecule has 1 aromatic carbocycles. The Labute approximate surface area is 241 Å². The van der Waals surface area contributed by atoms with Gasteiger partial charge in [0, 0.05) is 43.5 Å². The van der Waals surface area contributed by atoms with Crippen LogP contribution in [0.2, 0.25) is 0 Å². The van der Waals surface area contributed by atoms with Crippen molar-refractivity contribution in [3.63, 3.8) is 0 Å². The summed E-state index contributed by atoms with van der Waals surface area (Å²) in [5.74, 6) is 2.60. The number of aryl methyl sites for hydroxylation is 1. The highest BCUT2D eigenvalue weighted by Gasteiger charge is 2.30. The Morgan fingerprint density at radius 2 is 1.71 bits per heavy atom. The van der Waals surface area contributed by atoms with Crippen molar-refractivity contribution in [2.24, 2.45) is 0 Å². The molecule has 6 rings (SSSR count). The first-order valence-corrected chi connectivity index (χ1v) is 14.9. The van der Waals surface area contributed by atoms with Gasteiger partial charge in [0.15, 0.2) is 0 Å². The normalized spacial score (nSPS) is 21.0. The van der Waals surface area contributed by atoms with Gasteiger partial charge in [-0.25, -0.2) is 19.2 Å². The van der Waals surface area contributed by atoms with Crippen LogP contribution in [0.4, 0.5) is 22.0 Å². The van der Waals surface area contributed by atoms with E-state index in [1.807, 2.05) is 6.07 Å². The number of nitrogens with zero attached hydrogens (tertiary/aromatic N) is 6. The van der Waals surface area contributed by atoms with Gasteiger partial charge in [-0.05, 0) is 69.6 Å². The van der Waals surface area contributed by atoms with Crippen molar-refractivity contribution in [3.8, 4) is 11.3 Å². The molecule has 9 nitrogen and oxygen atoms in total. The molecule has 0 radical (unpaired) electrons. The van der Waals surface area contributed by atoms with Gasteiger partial charge in [0.2, 0.25) is 11.8 Å². The quantitative estimate of drug-likeness (QED) is 0.482. The lowest BCUT2D eigenvalue weighted by molar-refractivity contribution is -0.835. The fourth-order valence-corrected chi connectivity index (χ4v) is 6.33. The standard InChI is InChI=1S/C31H39FN8O/c1-22-19-25(30(41)39-13-11-36(3)12-14-39)21-33-29(22)38-17-15-37(16-18-38)28-20-27(24-6-8-26(32)9-7-24)34-31(35-28)40-10-4-5-23(40)2/h6-9,19-21,23H,4-5,10-18H2,1-3H3/p+2. The van der Waals surface area contributed by atoms with E-state index in [0.29, 0.717) is 11.6 Å². The Morgan fingerprint density at radius 3 is 2.37 bits per heavy atom. The summed E-state index contributed by atoms with van der Waals surface area (Å²) < 4.78 is 13.6. The molecule has 216 valence electrons. The number of likely N-dealkylation sites (N-methyl/N-ethyl adjacent to an activating group) is 1. The van der Waals surface area contributed by atoms with Gasteiger partial charge in [0.1, 0.15) is 24.7 Å². The highest BCUT2D eigenvalue weighted by Crippen LogP contribution is 2.27. The number of hydrogen-bond acceptors (Lipinski definition) is 7. The number of rotatable bonds is 5. The molecule has 5 heterocycles. The Morgan fingerprint density at radius 1 is 0.976 bits per heavy atom. The molecule has 1 atom stereocenters. The molecule has 2 N–H and O–H groups in total. The van der Waals surface area contributed by atoms with Crippen LogP contribution >= 0.6 is 0 Å². The van der Waals surface area contributed by atoms with Crippen LogP contribution in [0.25, 0.3) is 11.3 Å². The third kappa shape index (κ3) is 5.95. The highest BCUT2D eigenvalue weighted by molar-refractivity contribution is 5.87. The maximum absolute atomic E-state index is 13.6. The molecule has 3 aliphatic rings. The van der Waals surface area contributed by atoms with Crippen LogP contribution < -0.4 is 19.6 Å². The summed E-state index contributed by atoms with van der Waals surface area (Å²) in [5, 5.41) is 0. The van der Waals surface area contributed by atoms with E-state index in [9.17, 15) is 9.18 Å². The zero-order chi connectivity index (χ0) is 28.5. The molecule has 0 bridgehead atoms. The molecular formula is C31H41FN8O+2. The molecular weight excluding hydrogens is 519 g/mol. The lowest BCUT2D eigenvalue weighted by Crippen LogP contribution is -3.17. The van der Waals surface area contributed by atoms with Crippen LogP contribution in [0.5, 0.6) is 0 Å². The monoisotopic (exact) mass is 560 g/mol. The minimum Gasteiger partial charge on any atom is -0.345 e. The first-order chi connectivity index (χ1) is 19.9. The van der Waals surface area contributed by atoms with Crippen LogP contribution in [0.3, 0.4) is 0 Å². The van der Waals surface area contributed by atoms with Crippen molar-refractivity contribution in [3.05, 3.63) is 59.5 Å². The lowest BCUT2D eigenvalue weighted by atomic mass is 10.1. The van der Waals surface area contributed by atoms with Crippen molar-refractivity contribution < 1.29 is 19.0 Å². The average molecular weight is 561 g/mol. The minimum atomic E-state index is -0.250. The Hall–Kier alpha value is -3.47. The van der Waals surface area contributed by atoms with Crippen LogP contribution in [0.1, 0.15) is 35.7 Å². The van der Waals surface area contributed by atoms with Crippen molar-refractivity contribution >= 4 is 23.5 Å². The molecule has 0 spiro atoms. The summed E-state index contributed by atoms with van der Waals surface area (Å²) in [6, 6.07) is 11.0. The number of benzene rings is 1. The number of carbonyl (C=O) groups excluding carboxylic acids is 1. The second-order valence-electron chi connectivity index (χ2n) is 11.8. The van der Waals surface area contributed by atoms with Crippen molar-refractivity contribution in [1.82, 2.24) is 19.9 Å². The smallest absolute Gasteiger partial charge is 0.345 e. The van der Waals surface area contributed by atoms with Crippen LogP contribution in [-0.4, -0.2) is 97.8 Å². The number of anilines is 2. The Kier molecular flexibility index (Phi) is 7.96. The van der Waals surface area contributed by atoms with Gasteiger partial charge in [0.05, 0.1) is 37.4 Å². The number of piperazine rings is 2. The number of amides is 1.